The van der Waals surface area contributed by atoms with Gasteiger partial charge in [0.05, 0.1) is 16.1 Å². The van der Waals surface area contributed by atoms with Crippen LogP contribution in [0.4, 0.5) is 0 Å². The standard InChI is InChI=1S/C29H28N3S.C15H28O2.Ir/c1-18(2)10-22-12-21-14-26(30-16-28(21)33-22)27-15-25(31-17-32-27)20-11-19-8-6-7-9-23(19)24(13-20)29(3,4)5;1-7-14(5,8-2)12(16)11-13(17)15(6,9-3)10-4;/h6-9,12-18H,10H2,1-5H3;11,16H,7-10H2,1-6H3;/q-1;;/b;12-11-;. The Morgan fingerprint density at radius 1 is 0.843 bits per heavy atom. The summed E-state index contributed by atoms with van der Waals surface area (Å²) in [6, 6.07) is 20.7. The first-order valence-corrected chi connectivity index (χ1v) is 19.0. The second-order valence-electron chi connectivity index (χ2n) is 15.5. The van der Waals surface area contributed by atoms with Crippen LogP contribution < -0.4 is 0 Å². The van der Waals surface area contributed by atoms with Crippen molar-refractivity contribution in [1.29, 1.82) is 0 Å². The van der Waals surface area contributed by atoms with Crippen molar-refractivity contribution < 1.29 is 30.0 Å². The number of thiophene rings is 1. The summed E-state index contributed by atoms with van der Waals surface area (Å²) in [7, 11) is 0. The topological polar surface area (TPSA) is 76.0 Å². The molecule has 0 atom stereocenters. The van der Waals surface area contributed by atoms with E-state index in [1.165, 1.54) is 32.0 Å². The van der Waals surface area contributed by atoms with Crippen molar-refractivity contribution in [2.45, 2.75) is 114 Å². The molecular weight excluding hydrogens is 827 g/mol. The summed E-state index contributed by atoms with van der Waals surface area (Å²) < 4.78 is 1.22. The molecule has 0 fully saturated rings. The third-order valence-corrected chi connectivity index (χ3v) is 11.6. The number of benzene rings is 2. The molecule has 0 aliphatic heterocycles. The molecule has 0 bridgehead atoms. The molecule has 3 aromatic heterocycles. The van der Waals surface area contributed by atoms with Crippen molar-refractivity contribution in [2.24, 2.45) is 16.7 Å². The molecule has 0 saturated carbocycles. The van der Waals surface area contributed by atoms with Gasteiger partial charge in [-0.2, -0.15) is 0 Å². The zero-order valence-corrected chi connectivity index (χ0v) is 35.6. The van der Waals surface area contributed by atoms with E-state index in [1.54, 1.807) is 6.33 Å². The number of fused-ring (bicyclic) bond motifs is 2. The molecule has 0 aliphatic rings. The zero-order chi connectivity index (χ0) is 36.9. The Morgan fingerprint density at radius 3 is 2.06 bits per heavy atom. The second kappa shape index (κ2) is 17.5. The molecule has 0 unspecified atom stereocenters. The summed E-state index contributed by atoms with van der Waals surface area (Å²) in [6.45, 7) is 23.3. The maximum Gasteiger partial charge on any atom is 0.164 e. The number of allylic oxidation sites excluding steroid dienone is 2. The summed E-state index contributed by atoms with van der Waals surface area (Å²) >= 11 is 1.83. The maximum atomic E-state index is 12.2. The van der Waals surface area contributed by atoms with Gasteiger partial charge in [-0.05, 0) is 67.0 Å². The number of aliphatic hydroxyl groups is 1. The predicted molar refractivity (Wildman–Crippen MR) is 213 cm³/mol. The number of aliphatic hydroxyl groups excluding tert-OH is 1. The Labute approximate surface area is 323 Å². The summed E-state index contributed by atoms with van der Waals surface area (Å²) in [5.74, 6) is 0.930. The fourth-order valence-corrected chi connectivity index (χ4v) is 7.19. The third-order valence-electron chi connectivity index (χ3n) is 10.5. The first-order valence-electron chi connectivity index (χ1n) is 18.2. The minimum atomic E-state index is -0.337. The van der Waals surface area contributed by atoms with Crippen molar-refractivity contribution in [1.82, 2.24) is 15.0 Å². The molecule has 1 radical (unpaired) electrons. The second-order valence-corrected chi connectivity index (χ2v) is 16.7. The number of hydrogen-bond acceptors (Lipinski definition) is 6. The van der Waals surface area contributed by atoms with E-state index < -0.39 is 0 Å². The first-order chi connectivity index (χ1) is 23.6. The molecule has 5 rings (SSSR count). The molecule has 0 saturated heterocycles. The number of rotatable bonds is 11. The van der Waals surface area contributed by atoms with Crippen LogP contribution in [0.1, 0.15) is 112 Å². The average molecular weight is 883 g/mol. The number of aromatic nitrogens is 3. The maximum absolute atomic E-state index is 12.2. The van der Waals surface area contributed by atoms with E-state index in [0.29, 0.717) is 5.92 Å². The van der Waals surface area contributed by atoms with Crippen LogP contribution in [-0.2, 0) is 36.7 Å². The number of hydrogen-bond donors (Lipinski definition) is 1. The van der Waals surface area contributed by atoms with Gasteiger partial charge in [-0.15, -0.1) is 40.5 Å². The van der Waals surface area contributed by atoms with Crippen LogP contribution in [0.15, 0.2) is 72.9 Å². The quantitative estimate of drug-likeness (QED) is 0.0812. The number of ketones is 1. The Morgan fingerprint density at radius 2 is 1.45 bits per heavy atom. The molecule has 0 spiro atoms. The molecule has 3 heterocycles. The van der Waals surface area contributed by atoms with Crippen LogP contribution >= 0.6 is 11.3 Å². The molecule has 1 N–H and O–H groups in total. The van der Waals surface area contributed by atoms with Crippen LogP contribution in [0.25, 0.3) is 43.5 Å². The van der Waals surface area contributed by atoms with Gasteiger partial charge in [0.1, 0.15) is 12.1 Å². The van der Waals surface area contributed by atoms with Crippen molar-refractivity contribution in [2.75, 3.05) is 0 Å². The van der Waals surface area contributed by atoms with Gasteiger partial charge in [0.15, 0.2) is 5.78 Å². The fourth-order valence-electron chi connectivity index (χ4n) is 5.96. The van der Waals surface area contributed by atoms with Crippen molar-refractivity contribution >= 4 is 38.0 Å². The summed E-state index contributed by atoms with van der Waals surface area (Å²) in [5, 5.41) is 13.7. The minimum Gasteiger partial charge on any atom is -0.512 e. The number of pyridine rings is 1. The van der Waals surface area contributed by atoms with E-state index in [0.717, 1.165) is 60.1 Å². The van der Waals surface area contributed by atoms with Crippen molar-refractivity contribution in [3.8, 4) is 22.6 Å². The third kappa shape index (κ3) is 10.0. The van der Waals surface area contributed by atoms with Gasteiger partial charge in [-0.25, -0.2) is 4.98 Å². The van der Waals surface area contributed by atoms with Crippen LogP contribution in [0, 0.1) is 22.8 Å². The van der Waals surface area contributed by atoms with Crippen LogP contribution in [0.5, 0.6) is 0 Å². The summed E-state index contributed by atoms with van der Waals surface area (Å²) in [6.07, 6.45) is 9.46. The van der Waals surface area contributed by atoms with Gasteiger partial charge in [0, 0.05) is 53.8 Å². The Bertz CT molecular complexity index is 1960. The summed E-state index contributed by atoms with van der Waals surface area (Å²) in [5.41, 5.74) is 4.26. The normalized spacial score (nSPS) is 12.5. The van der Waals surface area contributed by atoms with Crippen molar-refractivity contribution in [3.05, 3.63) is 89.4 Å². The fraction of sp³-hybridized carbons (Fsp3) is 0.455. The van der Waals surface area contributed by atoms with Crippen LogP contribution in [-0.4, -0.2) is 25.8 Å². The molecule has 0 amide bonds. The Hall–Kier alpha value is -3.25. The number of carbonyl (C=O) groups is 1. The van der Waals surface area contributed by atoms with Gasteiger partial charge in [-0.3, -0.25) is 14.8 Å². The minimum absolute atomic E-state index is 0. The van der Waals surface area contributed by atoms with E-state index >= 15 is 0 Å². The summed E-state index contributed by atoms with van der Waals surface area (Å²) in [4.78, 5) is 27.4. The van der Waals surface area contributed by atoms with Crippen LogP contribution in [0.2, 0.25) is 0 Å². The van der Waals surface area contributed by atoms with Gasteiger partial charge >= 0.3 is 0 Å². The van der Waals surface area contributed by atoms with Crippen LogP contribution in [0.3, 0.4) is 0 Å². The van der Waals surface area contributed by atoms with Gasteiger partial charge in [0.25, 0.3) is 0 Å². The van der Waals surface area contributed by atoms with E-state index in [9.17, 15) is 9.90 Å². The number of carbonyl (C=O) groups excluding carboxylic acids is 1. The molecule has 51 heavy (non-hydrogen) atoms. The van der Waals surface area contributed by atoms with Gasteiger partial charge < -0.3 is 5.11 Å². The molecular formula is C44H56IrN3O2S-. The average Bonchev–Trinajstić information content (AvgIpc) is 3.51. The molecule has 2 aromatic carbocycles. The smallest absolute Gasteiger partial charge is 0.164 e. The molecule has 5 aromatic rings. The van der Waals surface area contributed by atoms with E-state index in [4.69, 9.17) is 4.98 Å². The van der Waals surface area contributed by atoms with E-state index in [-0.39, 0.29) is 47.9 Å². The molecule has 275 valence electrons. The predicted octanol–water partition coefficient (Wildman–Crippen LogP) is 12.5. The SMILES string of the molecule is CC(C)Cc1cc2cc(-c3cc(-c4[c-]c5ccccc5c(C(C)(C)C)c4)ncn3)ncc2s1.CCC(C)(CC)C(=O)/C=C(\O)C(C)(CC)CC.[Ir]. The molecule has 7 heteroatoms. The molecule has 0 aliphatic carbocycles. The largest absolute Gasteiger partial charge is 0.512 e. The first kappa shape index (κ1) is 42.2. The van der Waals surface area contributed by atoms with Crippen molar-refractivity contribution in [3.63, 3.8) is 0 Å². The molecule has 5 nitrogen and oxygen atoms in total. The van der Waals surface area contributed by atoms with E-state index in [2.05, 4.69) is 93.1 Å². The van der Waals surface area contributed by atoms with Gasteiger partial charge in [-0.1, -0.05) is 105 Å². The monoisotopic (exact) mass is 883 g/mol. The zero-order valence-electron chi connectivity index (χ0n) is 32.4. The Kier molecular flexibility index (Phi) is 14.5. The van der Waals surface area contributed by atoms with E-state index in [1.807, 2.05) is 65.1 Å². The Balaban J connectivity index is 0.000000335. The van der Waals surface area contributed by atoms with Gasteiger partial charge in [0.2, 0.25) is 0 Å². The number of nitrogens with zero attached hydrogens (tertiary/aromatic N) is 3.